The lowest BCUT2D eigenvalue weighted by Crippen LogP contribution is -2.22. The smallest absolute Gasteiger partial charge is 0.331 e. The van der Waals surface area contributed by atoms with Gasteiger partial charge in [0.2, 0.25) is 0 Å². The van der Waals surface area contributed by atoms with Crippen molar-refractivity contribution >= 4 is 28.0 Å². The Bertz CT molecular complexity index is 709. The van der Waals surface area contributed by atoms with E-state index in [1.165, 1.54) is 6.08 Å². The summed E-state index contributed by atoms with van der Waals surface area (Å²) in [6, 6.07) is 11.8. The van der Waals surface area contributed by atoms with Crippen LogP contribution in [0.2, 0.25) is 0 Å². The van der Waals surface area contributed by atoms with Gasteiger partial charge in [-0.2, -0.15) is 0 Å². The Morgan fingerprint density at radius 2 is 1.71 bits per heavy atom. The van der Waals surface area contributed by atoms with E-state index in [4.69, 9.17) is 10.5 Å². The summed E-state index contributed by atoms with van der Waals surface area (Å²) in [7, 11) is 0. The highest BCUT2D eigenvalue weighted by Gasteiger charge is 2.14. The van der Waals surface area contributed by atoms with Crippen molar-refractivity contribution in [2.75, 3.05) is 5.73 Å². The number of allylic oxidation sites excluding steroid dienone is 1. The van der Waals surface area contributed by atoms with E-state index in [1.54, 1.807) is 0 Å². The number of hydrogen-bond donors (Lipinski definition) is 1. The first-order chi connectivity index (χ1) is 9.74. The molecule has 0 saturated carbocycles. The maximum atomic E-state index is 11.8. The van der Waals surface area contributed by atoms with Crippen LogP contribution in [0.25, 0.3) is 16.3 Å². The van der Waals surface area contributed by atoms with Gasteiger partial charge < -0.3 is 10.5 Å². The highest BCUT2D eigenvalue weighted by Crippen LogP contribution is 2.23. The van der Waals surface area contributed by atoms with Gasteiger partial charge in [-0.25, -0.2) is 4.79 Å². The van der Waals surface area contributed by atoms with Crippen LogP contribution >= 0.6 is 0 Å². The molecule has 0 aliphatic heterocycles. The van der Waals surface area contributed by atoms with Crippen molar-refractivity contribution in [2.45, 2.75) is 33.3 Å². The average molecular weight is 283 g/mol. The molecule has 0 unspecified atom stereocenters. The fourth-order valence-corrected chi connectivity index (χ4v) is 2.10. The molecule has 0 aromatic heterocycles. The van der Waals surface area contributed by atoms with Gasteiger partial charge >= 0.3 is 5.97 Å². The topological polar surface area (TPSA) is 52.3 Å². The zero-order chi connectivity index (χ0) is 15.6. The predicted octanol–water partition coefficient (Wildman–Crippen LogP) is 4.17. The van der Waals surface area contributed by atoms with Crippen molar-refractivity contribution in [3.63, 3.8) is 0 Å². The van der Waals surface area contributed by atoms with E-state index in [1.807, 2.05) is 64.1 Å². The summed E-state index contributed by atoms with van der Waals surface area (Å²) in [5.41, 5.74) is 7.92. The molecule has 0 saturated heterocycles. The molecular weight excluding hydrogens is 262 g/mol. The number of carbonyl (C=O) groups excluding carboxylic acids is 1. The predicted molar refractivity (Wildman–Crippen MR) is 87.9 cm³/mol. The van der Waals surface area contributed by atoms with Crippen LogP contribution in [0.5, 0.6) is 0 Å². The molecule has 3 heteroatoms. The van der Waals surface area contributed by atoms with Crippen molar-refractivity contribution in [3.05, 3.63) is 48.0 Å². The highest BCUT2D eigenvalue weighted by atomic mass is 16.6. The summed E-state index contributed by atoms with van der Waals surface area (Å²) < 4.78 is 5.30. The van der Waals surface area contributed by atoms with Crippen molar-refractivity contribution in [1.82, 2.24) is 0 Å². The van der Waals surface area contributed by atoms with Crippen LogP contribution in [0.15, 0.2) is 42.5 Å². The van der Waals surface area contributed by atoms with E-state index in [0.29, 0.717) is 0 Å². The highest BCUT2D eigenvalue weighted by molar-refractivity contribution is 5.94. The van der Waals surface area contributed by atoms with Crippen LogP contribution in [0.4, 0.5) is 5.69 Å². The van der Waals surface area contributed by atoms with E-state index in [0.717, 1.165) is 27.6 Å². The lowest BCUT2D eigenvalue weighted by Gasteiger charge is -2.18. The number of nitrogens with two attached hydrogens (primary N) is 1. The summed E-state index contributed by atoms with van der Waals surface area (Å²) in [5, 5.41) is 2.18. The van der Waals surface area contributed by atoms with Gasteiger partial charge in [0.15, 0.2) is 0 Å². The molecule has 0 amide bonds. The van der Waals surface area contributed by atoms with E-state index in [-0.39, 0.29) is 5.97 Å². The molecule has 3 nitrogen and oxygen atoms in total. The number of fused-ring (bicyclic) bond motifs is 1. The van der Waals surface area contributed by atoms with Crippen molar-refractivity contribution in [2.24, 2.45) is 0 Å². The molecule has 0 fully saturated rings. The summed E-state index contributed by atoms with van der Waals surface area (Å²) in [4.78, 5) is 11.8. The third-order valence-corrected chi connectivity index (χ3v) is 3.06. The molecule has 2 rings (SSSR count). The second kappa shape index (κ2) is 5.60. The van der Waals surface area contributed by atoms with E-state index >= 15 is 0 Å². The summed E-state index contributed by atoms with van der Waals surface area (Å²) in [6.07, 6.45) is 1.53. The van der Waals surface area contributed by atoms with E-state index < -0.39 is 5.60 Å². The number of nitrogen functional groups attached to an aromatic ring is 1. The van der Waals surface area contributed by atoms with Crippen LogP contribution in [0.1, 0.15) is 33.3 Å². The third-order valence-electron chi connectivity index (χ3n) is 3.06. The van der Waals surface area contributed by atoms with Crippen molar-refractivity contribution in [3.8, 4) is 0 Å². The van der Waals surface area contributed by atoms with Crippen LogP contribution in [0.3, 0.4) is 0 Å². The molecule has 0 spiro atoms. The lowest BCUT2D eigenvalue weighted by molar-refractivity contribution is -0.148. The van der Waals surface area contributed by atoms with Gasteiger partial charge in [0.25, 0.3) is 0 Å². The minimum Gasteiger partial charge on any atom is -0.457 e. The van der Waals surface area contributed by atoms with Crippen LogP contribution < -0.4 is 5.73 Å². The maximum Gasteiger partial charge on any atom is 0.331 e. The molecule has 2 aromatic rings. The molecule has 0 aliphatic carbocycles. The molecule has 21 heavy (non-hydrogen) atoms. The zero-order valence-electron chi connectivity index (χ0n) is 12.9. The monoisotopic (exact) mass is 283 g/mol. The Morgan fingerprint density at radius 3 is 2.38 bits per heavy atom. The Morgan fingerprint density at radius 1 is 1.10 bits per heavy atom. The molecule has 0 aliphatic rings. The number of rotatable bonds is 2. The van der Waals surface area contributed by atoms with Crippen molar-refractivity contribution < 1.29 is 9.53 Å². The van der Waals surface area contributed by atoms with Crippen LogP contribution in [0, 0.1) is 0 Å². The van der Waals surface area contributed by atoms with Gasteiger partial charge in [0.05, 0.1) is 0 Å². The number of anilines is 1. The van der Waals surface area contributed by atoms with Gasteiger partial charge in [0, 0.05) is 11.8 Å². The molecule has 2 N–H and O–H groups in total. The minimum absolute atomic E-state index is 0.322. The van der Waals surface area contributed by atoms with E-state index in [9.17, 15) is 4.79 Å². The SMILES string of the molecule is C/C(=C\C(=O)OC(C)(C)C)c1ccc2cc(N)ccc2c1. The first-order valence-corrected chi connectivity index (χ1v) is 6.95. The number of esters is 1. The summed E-state index contributed by atoms with van der Waals surface area (Å²) in [5.74, 6) is -0.322. The second-order valence-electron chi connectivity index (χ2n) is 6.18. The molecule has 0 atom stereocenters. The molecule has 0 radical (unpaired) electrons. The van der Waals surface area contributed by atoms with Gasteiger partial charge in [-0.15, -0.1) is 0 Å². The normalized spacial score (nSPS) is 12.5. The largest absolute Gasteiger partial charge is 0.457 e. The van der Waals surface area contributed by atoms with Gasteiger partial charge in [-0.3, -0.25) is 0 Å². The molecule has 2 aromatic carbocycles. The minimum atomic E-state index is -0.477. The standard InChI is InChI=1S/C18H21NO2/c1-12(9-17(20)21-18(2,3)4)13-5-6-15-11-16(19)8-7-14(15)10-13/h5-11H,19H2,1-4H3/b12-9+. The first-order valence-electron chi connectivity index (χ1n) is 6.95. The zero-order valence-corrected chi connectivity index (χ0v) is 12.9. The number of benzene rings is 2. The Kier molecular flexibility index (Phi) is 4.03. The van der Waals surface area contributed by atoms with Crippen molar-refractivity contribution in [1.29, 1.82) is 0 Å². The van der Waals surface area contributed by atoms with Gasteiger partial charge in [-0.1, -0.05) is 18.2 Å². The lowest BCUT2D eigenvalue weighted by atomic mass is 10.0. The molecule has 0 bridgehead atoms. The number of carbonyl (C=O) groups is 1. The maximum absolute atomic E-state index is 11.8. The molecule has 110 valence electrons. The fourth-order valence-electron chi connectivity index (χ4n) is 2.10. The third kappa shape index (κ3) is 4.09. The first kappa shape index (κ1) is 15.1. The summed E-state index contributed by atoms with van der Waals surface area (Å²) in [6.45, 7) is 7.47. The molecular formula is C18H21NO2. The number of hydrogen-bond acceptors (Lipinski definition) is 3. The summed E-state index contributed by atoms with van der Waals surface area (Å²) >= 11 is 0. The Balaban J connectivity index is 2.29. The van der Waals surface area contributed by atoms with Gasteiger partial charge in [0.1, 0.15) is 5.60 Å². The molecule has 0 heterocycles. The Labute approximate surface area is 125 Å². The van der Waals surface area contributed by atoms with E-state index in [2.05, 4.69) is 0 Å². The average Bonchev–Trinajstić information content (AvgIpc) is 2.35. The fraction of sp³-hybridized carbons (Fsp3) is 0.278. The quantitative estimate of drug-likeness (QED) is 0.511. The van der Waals surface area contributed by atoms with Crippen LogP contribution in [-0.2, 0) is 9.53 Å². The Hall–Kier alpha value is -2.29. The van der Waals surface area contributed by atoms with Gasteiger partial charge in [-0.05, 0) is 67.8 Å². The second-order valence-corrected chi connectivity index (χ2v) is 6.18. The van der Waals surface area contributed by atoms with Crippen LogP contribution in [-0.4, -0.2) is 11.6 Å². The number of ether oxygens (including phenoxy) is 1.